The highest BCUT2D eigenvalue weighted by Crippen LogP contribution is 2.27. The Bertz CT molecular complexity index is 723. The number of nitrogens with one attached hydrogen (secondary N) is 1. The van der Waals surface area contributed by atoms with Crippen LogP contribution in [-0.4, -0.2) is 0 Å². The lowest BCUT2D eigenvalue weighted by Gasteiger charge is -2.18. The van der Waals surface area contributed by atoms with Crippen molar-refractivity contribution in [2.24, 2.45) is 0 Å². The van der Waals surface area contributed by atoms with Crippen LogP contribution in [0, 0.1) is 29.9 Å². The zero-order valence-electron chi connectivity index (χ0n) is 11.5. The van der Waals surface area contributed by atoms with Gasteiger partial charge in [-0.1, -0.05) is 22.0 Å². The molecule has 0 aliphatic carbocycles. The van der Waals surface area contributed by atoms with E-state index in [1.165, 1.54) is 12.1 Å². The SMILES string of the molecule is Cc1c(F)cc(C#N)cc1NC(C)c1ccc(Br)cc1F. The minimum Gasteiger partial charge on any atom is -0.378 e. The van der Waals surface area contributed by atoms with Crippen molar-refractivity contribution in [3.8, 4) is 6.07 Å². The molecule has 1 N–H and O–H groups in total. The third-order valence-corrected chi connectivity index (χ3v) is 3.77. The van der Waals surface area contributed by atoms with E-state index < -0.39 is 5.82 Å². The number of hydrogen-bond acceptors (Lipinski definition) is 2. The van der Waals surface area contributed by atoms with Crippen LogP contribution in [-0.2, 0) is 0 Å². The van der Waals surface area contributed by atoms with Crippen LogP contribution in [0.2, 0.25) is 0 Å². The molecule has 0 aliphatic heterocycles. The summed E-state index contributed by atoms with van der Waals surface area (Å²) < 4.78 is 28.3. The van der Waals surface area contributed by atoms with Crippen molar-refractivity contribution in [2.45, 2.75) is 19.9 Å². The molecule has 0 aromatic heterocycles. The van der Waals surface area contributed by atoms with Gasteiger partial charge in [0.15, 0.2) is 0 Å². The van der Waals surface area contributed by atoms with Crippen molar-refractivity contribution >= 4 is 21.6 Å². The van der Waals surface area contributed by atoms with E-state index in [1.54, 1.807) is 32.0 Å². The number of hydrogen-bond donors (Lipinski definition) is 1. The van der Waals surface area contributed by atoms with Crippen LogP contribution in [0.25, 0.3) is 0 Å². The Morgan fingerprint density at radius 3 is 2.52 bits per heavy atom. The molecule has 2 aromatic rings. The summed E-state index contributed by atoms with van der Waals surface area (Å²) in [5.74, 6) is -0.807. The Balaban J connectivity index is 2.33. The number of anilines is 1. The van der Waals surface area contributed by atoms with E-state index in [9.17, 15) is 8.78 Å². The Morgan fingerprint density at radius 1 is 1.19 bits per heavy atom. The van der Waals surface area contributed by atoms with Gasteiger partial charge >= 0.3 is 0 Å². The predicted octanol–water partition coefficient (Wildman–Crippen LogP) is 5.08. The van der Waals surface area contributed by atoms with Gasteiger partial charge in [-0.05, 0) is 38.1 Å². The van der Waals surface area contributed by atoms with Crippen LogP contribution in [0.15, 0.2) is 34.8 Å². The molecule has 21 heavy (non-hydrogen) atoms. The van der Waals surface area contributed by atoms with Crippen molar-refractivity contribution in [1.29, 1.82) is 5.26 Å². The largest absolute Gasteiger partial charge is 0.378 e. The standard InChI is InChI=1S/C16H13BrF2N2/c1-9-14(18)5-11(8-20)6-16(9)21-10(2)13-4-3-12(17)7-15(13)19/h3-7,10,21H,1-2H3. The van der Waals surface area contributed by atoms with Gasteiger partial charge in [0.1, 0.15) is 11.6 Å². The quantitative estimate of drug-likeness (QED) is 0.837. The first-order chi connectivity index (χ1) is 9.92. The van der Waals surface area contributed by atoms with Gasteiger partial charge in [-0.2, -0.15) is 5.26 Å². The number of halogens is 3. The fourth-order valence-electron chi connectivity index (χ4n) is 2.06. The molecule has 5 heteroatoms. The van der Waals surface area contributed by atoms with E-state index in [0.717, 1.165) is 0 Å². The molecular formula is C16H13BrF2N2. The summed E-state index contributed by atoms with van der Waals surface area (Å²) in [4.78, 5) is 0. The highest BCUT2D eigenvalue weighted by atomic mass is 79.9. The van der Waals surface area contributed by atoms with Crippen molar-refractivity contribution in [1.82, 2.24) is 0 Å². The maximum atomic E-state index is 13.9. The summed E-state index contributed by atoms with van der Waals surface area (Å²) in [7, 11) is 0. The third-order valence-electron chi connectivity index (χ3n) is 3.27. The van der Waals surface area contributed by atoms with Gasteiger partial charge in [0.25, 0.3) is 0 Å². The fraction of sp³-hybridized carbons (Fsp3) is 0.188. The van der Waals surface area contributed by atoms with E-state index in [2.05, 4.69) is 21.2 Å². The van der Waals surface area contributed by atoms with Gasteiger partial charge in [0, 0.05) is 21.3 Å². The van der Waals surface area contributed by atoms with Crippen LogP contribution in [0.5, 0.6) is 0 Å². The maximum Gasteiger partial charge on any atom is 0.129 e. The number of nitrogens with zero attached hydrogens (tertiary/aromatic N) is 1. The minimum absolute atomic E-state index is 0.226. The molecule has 0 fully saturated rings. The molecule has 2 rings (SSSR count). The predicted molar refractivity (Wildman–Crippen MR) is 82.0 cm³/mol. The lowest BCUT2D eigenvalue weighted by Crippen LogP contribution is -2.10. The third kappa shape index (κ3) is 3.40. The minimum atomic E-state index is -0.458. The van der Waals surface area contributed by atoms with Crippen molar-refractivity contribution < 1.29 is 8.78 Å². The zero-order chi connectivity index (χ0) is 15.6. The van der Waals surface area contributed by atoms with E-state index in [0.29, 0.717) is 21.3 Å². The van der Waals surface area contributed by atoms with E-state index in [1.807, 2.05) is 6.07 Å². The van der Waals surface area contributed by atoms with Crippen molar-refractivity contribution in [3.63, 3.8) is 0 Å². The highest BCUT2D eigenvalue weighted by Gasteiger charge is 2.14. The topological polar surface area (TPSA) is 35.8 Å². The normalized spacial score (nSPS) is 11.8. The Hall–Kier alpha value is -1.93. The summed E-state index contributed by atoms with van der Waals surface area (Å²) in [5, 5.41) is 11.9. The van der Waals surface area contributed by atoms with Gasteiger partial charge in [-0.25, -0.2) is 8.78 Å². The average molecular weight is 351 g/mol. The van der Waals surface area contributed by atoms with Gasteiger partial charge in [-0.15, -0.1) is 0 Å². The molecular weight excluding hydrogens is 338 g/mol. The van der Waals surface area contributed by atoms with E-state index >= 15 is 0 Å². The first-order valence-corrected chi connectivity index (χ1v) is 7.13. The van der Waals surface area contributed by atoms with Crippen LogP contribution >= 0.6 is 15.9 Å². The lowest BCUT2D eigenvalue weighted by molar-refractivity contribution is 0.598. The Labute approximate surface area is 130 Å². The maximum absolute atomic E-state index is 13.9. The molecule has 0 heterocycles. The first-order valence-electron chi connectivity index (χ1n) is 6.34. The summed E-state index contributed by atoms with van der Waals surface area (Å²) in [5.41, 5.74) is 1.59. The molecule has 2 nitrogen and oxygen atoms in total. The molecule has 0 saturated heterocycles. The van der Waals surface area contributed by atoms with Gasteiger partial charge < -0.3 is 5.32 Å². The molecule has 2 aromatic carbocycles. The van der Waals surface area contributed by atoms with Gasteiger partial charge in [0.05, 0.1) is 17.7 Å². The summed E-state index contributed by atoms with van der Waals surface area (Å²) in [6, 6.07) is 9.09. The zero-order valence-corrected chi connectivity index (χ0v) is 13.1. The Kier molecular flexibility index (Phi) is 4.59. The smallest absolute Gasteiger partial charge is 0.129 e. The second kappa shape index (κ2) is 6.23. The number of nitriles is 1. The molecule has 0 spiro atoms. The van der Waals surface area contributed by atoms with Crippen LogP contribution in [0.1, 0.15) is 29.7 Å². The van der Waals surface area contributed by atoms with Crippen LogP contribution in [0.3, 0.4) is 0 Å². The molecule has 0 radical (unpaired) electrons. The summed E-state index contributed by atoms with van der Waals surface area (Å²) >= 11 is 3.21. The second-order valence-corrected chi connectivity index (χ2v) is 5.69. The average Bonchev–Trinajstić information content (AvgIpc) is 2.43. The van der Waals surface area contributed by atoms with Gasteiger partial charge in [0.2, 0.25) is 0 Å². The molecule has 0 amide bonds. The highest BCUT2D eigenvalue weighted by molar-refractivity contribution is 9.10. The molecule has 0 saturated carbocycles. The monoisotopic (exact) mass is 350 g/mol. The first kappa shape index (κ1) is 15.5. The lowest BCUT2D eigenvalue weighted by atomic mass is 10.1. The number of benzene rings is 2. The van der Waals surface area contributed by atoms with Crippen LogP contribution in [0.4, 0.5) is 14.5 Å². The van der Waals surface area contributed by atoms with E-state index in [-0.39, 0.29) is 17.4 Å². The van der Waals surface area contributed by atoms with Gasteiger partial charge in [-0.3, -0.25) is 0 Å². The molecule has 1 unspecified atom stereocenters. The summed E-state index contributed by atoms with van der Waals surface area (Å²) in [6.45, 7) is 3.40. The molecule has 0 bridgehead atoms. The number of rotatable bonds is 3. The fourth-order valence-corrected chi connectivity index (χ4v) is 2.39. The molecule has 1 atom stereocenters. The van der Waals surface area contributed by atoms with E-state index in [4.69, 9.17) is 5.26 Å². The van der Waals surface area contributed by atoms with Crippen LogP contribution < -0.4 is 5.32 Å². The van der Waals surface area contributed by atoms with Crippen molar-refractivity contribution in [2.75, 3.05) is 5.32 Å². The second-order valence-electron chi connectivity index (χ2n) is 4.77. The molecule has 108 valence electrons. The van der Waals surface area contributed by atoms with Crippen molar-refractivity contribution in [3.05, 3.63) is 63.1 Å². The Morgan fingerprint density at radius 2 is 1.90 bits per heavy atom. The summed E-state index contributed by atoms with van der Waals surface area (Å²) in [6.07, 6.45) is 0. The molecule has 0 aliphatic rings.